The zero-order valence-corrected chi connectivity index (χ0v) is 13.4. The maximum absolute atomic E-state index is 13.1. The first-order valence-corrected chi connectivity index (χ1v) is 7.29. The Labute approximate surface area is 131 Å². The summed E-state index contributed by atoms with van der Waals surface area (Å²) < 4.78 is 0. The molecule has 2 aromatic carbocycles. The number of phenols is 2. The van der Waals surface area contributed by atoms with E-state index in [1.54, 1.807) is 36.4 Å². The number of benzene rings is 2. The normalized spacial score (nSPS) is 12.2. The molecule has 0 saturated heterocycles. The highest BCUT2D eigenvalue weighted by Gasteiger charge is 2.41. The molecule has 0 aromatic heterocycles. The average molecular weight is 298 g/mol. The van der Waals surface area contributed by atoms with Crippen LogP contribution < -0.4 is 0 Å². The van der Waals surface area contributed by atoms with Crippen molar-refractivity contribution < 1.29 is 15.0 Å². The molecule has 0 amide bonds. The van der Waals surface area contributed by atoms with Crippen LogP contribution >= 0.6 is 0 Å². The Bertz CT molecular complexity index is 640. The molecule has 0 fully saturated rings. The molecule has 2 N–H and O–H groups in total. The molecular weight excluding hydrogens is 276 g/mol. The number of aromatic hydroxyl groups is 2. The molecule has 0 aliphatic carbocycles. The van der Waals surface area contributed by atoms with Gasteiger partial charge in [0.05, 0.1) is 0 Å². The van der Waals surface area contributed by atoms with Crippen molar-refractivity contribution >= 4 is 5.78 Å². The first-order valence-electron chi connectivity index (χ1n) is 7.29. The van der Waals surface area contributed by atoms with Gasteiger partial charge in [0.25, 0.3) is 0 Å². The molecular formula is C19H22O3. The quantitative estimate of drug-likeness (QED) is 0.899. The summed E-state index contributed by atoms with van der Waals surface area (Å²) in [6, 6.07) is 13.6. The van der Waals surface area contributed by atoms with E-state index < -0.39 is 10.8 Å². The molecule has 22 heavy (non-hydrogen) atoms. The Kier molecular flexibility index (Phi) is 4.01. The van der Waals surface area contributed by atoms with Gasteiger partial charge in [0, 0.05) is 10.8 Å². The van der Waals surface area contributed by atoms with E-state index in [9.17, 15) is 15.0 Å². The smallest absolute Gasteiger partial charge is 0.152 e. The van der Waals surface area contributed by atoms with Crippen LogP contribution in [0.4, 0.5) is 0 Å². The van der Waals surface area contributed by atoms with Gasteiger partial charge in [-0.3, -0.25) is 4.79 Å². The lowest BCUT2D eigenvalue weighted by atomic mass is 9.67. The van der Waals surface area contributed by atoms with Crippen molar-refractivity contribution in [3.63, 3.8) is 0 Å². The lowest BCUT2D eigenvalue weighted by Gasteiger charge is -2.34. The monoisotopic (exact) mass is 298 g/mol. The van der Waals surface area contributed by atoms with Gasteiger partial charge in [0.1, 0.15) is 11.5 Å². The summed E-state index contributed by atoms with van der Waals surface area (Å²) in [5.74, 6) is 0.318. The summed E-state index contributed by atoms with van der Waals surface area (Å²) in [5.41, 5.74) is 0.0259. The van der Waals surface area contributed by atoms with Crippen LogP contribution in [0.1, 0.15) is 38.8 Å². The fourth-order valence-corrected chi connectivity index (χ4v) is 2.83. The zero-order chi connectivity index (χ0) is 16.5. The van der Waals surface area contributed by atoms with Crippen LogP contribution in [-0.2, 0) is 15.6 Å². The van der Waals surface area contributed by atoms with Crippen molar-refractivity contribution in [3.05, 3.63) is 59.7 Å². The van der Waals surface area contributed by atoms with E-state index in [0.717, 1.165) is 11.1 Å². The summed E-state index contributed by atoms with van der Waals surface area (Å²) in [5, 5.41) is 19.3. The van der Waals surface area contributed by atoms with Gasteiger partial charge < -0.3 is 10.2 Å². The standard InChI is InChI=1S/C19H22O3/c1-18(2,13-7-5-9-15(20)11-13)17(22)19(3,4)14-8-6-10-16(21)12-14/h5-12,20-21H,1-4H3. The molecule has 0 radical (unpaired) electrons. The molecule has 3 heteroatoms. The van der Waals surface area contributed by atoms with Gasteiger partial charge >= 0.3 is 0 Å². The highest BCUT2D eigenvalue weighted by atomic mass is 16.3. The summed E-state index contributed by atoms with van der Waals surface area (Å²) in [6.07, 6.45) is 0. The Balaban J connectivity index is 2.44. The average Bonchev–Trinajstić information content (AvgIpc) is 2.46. The van der Waals surface area contributed by atoms with Gasteiger partial charge in [-0.1, -0.05) is 24.3 Å². The molecule has 116 valence electrons. The van der Waals surface area contributed by atoms with E-state index in [-0.39, 0.29) is 17.3 Å². The molecule has 3 nitrogen and oxygen atoms in total. The van der Waals surface area contributed by atoms with Crippen molar-refractivity contribution in [2.45, 2.75) is 38.5 Å². The molecule has 0 bridgehead atoms. The van der Waals surface area contributed by atoms with Crippen LogP contribution in [0, 0.1) is 0 Å². The molecule has 0 saturated carbocycles. The fraction of sp³-hybridized carbons (Fsp3) is 0.316. The largest absolute Gasteiger partial charge is 0.508 e. The van der Waals surface area contributed by atoms with Crippen molar-refractivity contribution in [2.75, 3.05) is 0 Å². The fourth-order valence-electron chi connectivity index (χ4n) is 2.83. The highest BCUT2D eigenvalue weighted by molar-refractivity contribution is 5.97. The second-order valence-electron chi connectivity index (χ2n) is 6.68. The van der Waals surface area contributed by atoms with Crippen LogP contribution in [0.15, 0.2) is 48.5 Å². The third-order valence-electron chi connectivity index (χ3n) is 4.27. The SMILES string of the molecule is CC(C)(C(=O)C(C)(C)c1cccc(O)c1)c1cccc(O)c1. The van der Waals surface area contributed by atoms with E-state index in [4.69, 9.17) is 0 Å². The Morgan fingerprint density at radius 2 is 1.14 bits per heavy atom. The second-order valence-corrected chi connectivity index (χ2v) is 6.68. The number of carbonyl (C=O) groups is 1. The molecule has 0 unspecified atom stereocenters. The third-order valence-corrected chi connectivity index (χ3v) is 4.27. The number of hydrogen-bond acceptors (Lipinski definition) is 3. The van der Waals surface area contributed by atoms with Gasteiger partial charge in [0.2, 0.25) is 0 Å². The van der Waals surface area contributed by atoms with Gasteiger partial charge in [-0.2, -0.15) is 0 Å². The van der Waals surface area contributed by atoms with Crippen molar-refractivity contribution in [3.8, 4) is 11.5 Å². The Hall–Kier alpha value is -2.29. The van der Waals surface area contributed by atoms with Crippen LogP contribution in [0.3, 0.4) is 0 Å². The summed E-state index contributed by atoms with van der Waals surface area (Å²) >= 11 is 0. The van der Waals surface area contributed by atoms with Crippen molar-refractivity contribution in [1.29, 1.82) is 0 Å². The maximum atomic E-state index is 13.1. The molecule has 2 aromatic rings. The summed E-state index contributed by atoms with van der Waals surface area (Å²) in [7, 11) is 0. The summed E-state index contributed by atoms with van der Waals surface area (Å²) in [4.78, 5) is 13.1. The minimum atomic E-state index is -0.756. The second kappa shape index (κ2) is 5.48. The number of carbonyl (C=O) groups excluding carboxylic acids is 1. The molecule has 0 spiro atoms. The highest BCUT2D eigenvalue weighted by Crippen LogP contribution is 2.37. The third kappa shape index (κ3) is 2.84. The van der Waals surface area contributed by atoms with Crippen LogP contribution in [-0.4, -0.2) is 16.0 Å². The van der Waals surface area contributed by atoms with E-state index >= 15 is 0 Å². The number of hydrogen-bond donors (Lipinski definition) is 2. The number of rotatable bonds is 4. The van der Waals surface area contributed by atoms with Crippen molar-refractivity contribution in [1.82, 2.24) is 0 Å². The molecule has 0 atom stereocenters. The van der Waals surface area contributed by atoms with Gasteiger partial charge in [-0.05, 0) is 63.1 Å². The summed E-state index contributed by atoms with van der Waals surface area (Å²) in [6.45, 7) is 7.42. The van der Waals surface area contributed by atoms with E-state index in [1.807, 2.05) is 39.8 Å². The number of Topliss-reactive ketones (excluding diaryl/α,β-unsaturated/α-hetero) is 1. The van der Waals surface area contributed by atoms with Crippen LogP contribution in [0.5, 0.6) is 11.5 Å². The molecule has 0 aliphatic heterocycles. The van der Waals surface area contributed by atoms with E-state index in [1.165, 1.54) is 0 Å². The van der Waals surface area contributed by atoms with Crippen LogP contribution in [0.2, 0.25) is 0 Å². The predicted octanol–water partition coefficient (Wildman–Crippen LogP) is 3.92. The van der Waals surface area contributed by atoms with Gasteiger partial charge in [-0.15, -0.1) is 0 Å². The predicted molar refractivity (Wildman–Crippen MR) is 87.3 cm³/mol. The zero-order valence-electron chi connectivity index (χ0n) is 13.4. The van der Waals surface area contributed by atoms with E-state index in [2.05, 4.69) is 0 Å². The van der Waals surface area contributed by atoms with Gasteiger partial charge in [-0.25, -0.2) is 0 Å². The Morgan fingerprint density at radius 1 is 0.773 bits per heavy atom. The lowest BCUT2D eigenvalue weighted by molar-refractivity contribution is -0.128. The molecule has 0 aliphatic rings. The van der Waals surface area contributed by atoms with Gasteiger partial charge in [0.15, 0.2) is 5.78 Å². The minimum absolute atomic E-state index is 0.0243. The first-order chi connectivity index (χ1) is 10.2. The first kappa shape index (κ1) is 16.1. The topological polar surface area (TPSA) is 57.5 Å². The van der Waals surface area contributed by atoms with E-state index in [0.29, 0.717) is 0 Å². The minimum Gasteiger partial charge on any atom is -0.508 e. The molecule has 0 heterocycles. The number of phenolic OH excluding ortho intramolecular Hbond substituents is 2. The number of ketones is 1. The molecule has 2 rings (SSSR count). The Morgan fingerprint density at radius 3 is 1.45 bits per heavy atom. The van der Waals surface area contributed by atoms with Crippen LogP contribution in [0.25, 0.3) is 0 Å². The lowest BCUT2D eigenvalue weighted by Crippen LogP contribution is -2.42. The van der Waals surface area contributed by atoms with Crippen molar-refractivity contribution in [2.24, 2.45) is 0 Å². The maximum Gasteiger partial charge on any atom is 0.152 e.